The van der Waals surface area contributed by atoms with Gasteiger partial charge in [0.05, 0.1) is 115 Å². The van der Waals surface area contributed by atoms with Crippen molar-refractivity contribution < 1.29 is 81.3 Å². The molecule has 0 aromatic heterocycles. The molecular formula is C71H86N8O17. The number of hydrogen-bond acceptors (Lipinski definition) is 18. The van der Waals surface area contributed by atoms with Crippen molar-refractivity contribution in [2.24, 2.45) is 10.9 Å². The van der Waals surface area contributed by atoms with Crippen LogP contribution in [0.1, 0.15) is 86.6 Å². The predicted octanol–water partition coefficient (Wildman–Crippen LogP) is 7.86. The Balaban J connectivity index is 0.767. The number of hydrogen-bond donors (Lipinski definition) is 5. The molecule has 7 amide bonds. The molecule has 5 aliphatic rings. The number of aliphatic hydroxyl groups excluding tert-OH is 1. The van der Waals surface area contributed by atoms with E-state index in [1.807, 2.05) is 80.8 Å². The molecule has 0 fully saturated rings. The quantitative estimate of drug-likeness (QED) is 0.0281. The lowest BCUT2D eigenvalue weighted by molar-refractivity contribution is -0.132. The molecule has 3 aromatic carbocycles. The highest BCUT2D eigenvalue weighted by Crippen LogP contribution is 2.43. The zero-order chi connectivity index (χ0) is 68.5. The Morgan fingerprint density at radius 3 is 1.91 bits per heavy atom. The molecule has 0 radical (unpaired) electrons. The molecule has 0 saturated heterocycles. The first-order valence-corrected chi connectivity index (χ1v) is 32.0. The number of nitrogens with zero attached hydrogens (tertiary/aromatic N) is 4. The lowest BCUT2D eigenvalue weighted by atomic mass is 10.0. The number of carbonyl (C=O) groups excluding carboxylic acids is 7. The smallest absolute Gasteiger partial charge is 0.416 e. The summed E-state index contributed by atoms with van der Waals surface area (Å²) in [6.07, 6.45) is 24.2. The number of methoxy groups -OCH3 is 2. The maximum atomic E-state index is 14.4. The van der Waals surface area contributed by atoms with Gasteiger partial charge in [-0.2, -0.15) is 0 Å². The molecule has 0 unspecified atom stereocenters. The van der Waals surface area contributed by atoms with E-state index >= 15 is 0 Å². The van der Waals surface area contributed by atoms with Crippen LogP contribution in [0.5, 0.6) is 23.0 Å². The van der Waals surface area contributed by atoms with Gasteiger partial charge in [0.2, 0.25) is 23.6 Å². The second-order valence-corrected chi connectivity index (χ2v) is 23.0. The van der Waals surface area contributed by atoms with Crippen LogP contribution in [0, 0.1) is 5.92 Å². The van der Waals surface area contributed by atoms with Gasteiger partial charge in [0, 0.05) is 61.9 Å². The standard InChI is InChI=1S/C71H86N8O17/c1-8-15-50-35-53-42-73-56-40-61(59(88-6)38-54(56)68(84)77(53)43-50)94-25-14-26-95-62-41-57-55(39-60(62)89-7)69(85)78-44-51(16-9-2)36-58(78)70(86)79(57)71(87)96-45-49-19-21-52(22-20-49)75-66(82)47(5)74-67(83)65(46(3)4)76-63(80)23-27-90-29-31-92-33-34-93-32-30-91-28-24-72-64(81)37-48-17-12-10-11-13-18-48/h8-13,15-22,37-44,46-47,53,58,65,70,86H,14,23-36,45H2,1-7H3,(H,72,81)(H,74,83)(H,75,82)(H,76,80)/b15-8+,16-9+/t47-,53-,58-,65-,70-/m0/s1. The summed E-state index contributed by atoms with van der Waals surface area (Å²) in [5.74, 6) is -1.60. The molecular weight excluding hydrogens is 1240 g/mol. The van der Waals surface area contributed by atoms with Crippen LogP contribution in [0.15, 0.2) is 149 Å². The average molecular weight is 1320 g/mol. The van der Waals surface area contributed by atoms with Crippen molar-refractivity contribution in [2.75, 3.05) is 97.0 Å². The minimum atomic E-state index is -1.58. The molecule has 1 aliphatic carbocycles. The van der Waals surface area contributed by atoms with Gasteiger partial charge in [0.25, 0.3) is 11.8 Å². The number of benzene rings is 3. The Morgan fingerprint density at radius 2 is 1.27 bits per heavy atom. The van der Waals surface area contributed by atoms with Crippen molar-refractivity contribution in [3.8, 4) is 23.0 Å². The molecule has 512 valence electrons. The molecule has 25 nitrogen and oxygen atoms in total. The average Bonchev–Trinajstić information content (AvgIpc) is 1.59. The van der Waals surface area contributed by atoms with Crippen LogP contribution in [-0.2, 0) is 49.5 Å². The van der Waals surface area contributed by atoms with Gasteiger partial charge < -0.3 is 78.8 Å². The molecule has 5 atom stereocenters. The normalized spacial score (nSPS) is 17.6. The van der Waals surface area contributed by atoms with E-state index in [-0.39, 0.29) is 99.0 Å². The third-order valence-corrected chi connectivity index (χ3v) is 15.7. The topological polar surface area (TPSA) is 293 Å². The fourth-order valence-corrected chi connectivity index (χ4v) is 10.7. The van der Waals surface area contributed by atoms with Crippen molar-refractivity contribution in [1.82, 2.24) is 25.8 Å². The molecule has 0 saturated carbocycles. The summed E-state index contributed by atoms with van der Waals surface area (Å²) in [4.78, 5) is 103. The van der Waals surface area contributed by atoms with E-state index in [1.165, 1.54) is 44.3 Å². The van der Waals surface area contributed by atoms with E-state index in [1.54, 1.807) is 67.6 Å². The molecule has 0 bridgehead atoms. The highest BCUT2D eigenvalue weighted by atomic mass is 16.6. The summed E-state index contributed by atoms with van der Waals surface area (Å²) in [6.45, 7) is 11.5. The van der Waals surface area contributed by atoms with Crippen LogP contribution in [0.2, 0.25) is 0 Å². The van der Waals surface area contributed by atoms with Crippen LogP contribution in [-0.4, -0.2) is 180 Å². The van der Waals surface area contributed by atoms with Gasteiger partial charge in [0.15, 0.2) is 29.2 Å². The number of fused-ring (bicyclic) bond motifs is 4. The van der Waals surface area contributed by atoms with Gasteiger partial charge >= 0.3 is 6.09 Å². The second-order valence-electron chi connectivity index (χ2n) is 23.0. The van der Waals surface area contributed by atoms with E-state index in [4.69, 9.17) is 42.6 Å². The van der Waals surface area contributed by atoms with E-state index in [0.717, 1.165) is 21.6 Å². The van der Waals surface area contributed by atoms with Crippen LogP contribution in [0.25, 0.3) is 0 Å². The van der Waals surface area contributed by atoms with E-state index in [0.29, 0.717) is 86.4 Å². The third-order valence-electron chi connectivity index (χ3n) is 15.7. The number of ether oxygens (including phenoxy) is 9. The lowest BCUT2D eigenvalue weighted by Crippen LogP contribution is -2.53. The van der Waals surface area contributed by atoms with Gasteiger partial charge in [-0.1, -0.05) is 86.7 Å². The Kier molecular flexibility index (Phi) is 27.3. The predicted molar refractivity (Wildman–Crippen MR) is 359 cm³/mol. The van der Waals surface area contributed by atoms with Gasteiger partial charge in [0.1, 0.15) is 18.7 Å². The SMILES string of the molecule is C/C=C/C1=CN2C(=O)c3cc(OC)c(OCCCOc4cc5c(cc4OC)C(=O)N4C=C(/C=C/C)C[C@H]4[C@H](O)N5C(=O)OCc4ccc(NC(=O)[C@H](C)NC(=O)[C@@H](NC(=O)CCOCCOCCOCCOCCNC(=O)C=C5C=CC=CC=C5)C(C)C)cc4)cc3N=C[C@@H]2C1. The number of amides is 7. The molecule has 8 rings (SSSR count). The largest absolute Gasteiger partial charge is 0.493 e. The summed E-state index contributed by atoms with van der Waals surface area (Å²) < 4.78 is 51.7. The molecule has 5 N–H and O–H groups in total. The monoisotopic (exact) mass is 1320 g/mol. The number of carbonyl (C=O) groups is 7. The minimum absolute atomic E-state index is 0.0105. The van der Waals surface area contributed by atoms with Crippen LogP contribution in [0.3, 0.4) is 0 Å². The molecule has 4 heterocycles. The van der Waals surface area contributed by atoms with Crippen molar-refractivity contribution in [3.63, 3.8) is 0 Å². The summed E-state index contributed by atoms with van der Waals surface area (Å²) in [5, 5.41) is 23.1. The summed E-state index contributed by atoms with van der Waals surface area (Å²) in [7, 11) is 2.91. The second kappa shape index (κ2) is 36.3. The third kappa shape index (κ3) is 20.0. The number of nitrogens with one attached hydrogen (secondary N) is 4. The first-order chi connectivity index (χ1) is 46.5. The van der Waals surface area contributed by atoms with Crippen LogP contribution >= 0.6 is 0 Å². The summed E-state index contributed by atoms with van der Waals surface area (Å²) in [5.41, 5.74) is 4.38. The zero-order valence-corrected chi connectivity index (χ0v) is 55.2. The first-order valence-electron chi connectivity index (χ1n) is 32.0. The van der Waals surface area contributed by atoms with Gasteiger partial charge in [-0.15, -0.1) is 0 Å². The number of anilines is 2. The summed E-state index contributed by atoms with van der Waals surface area (Å²) >= 11 is 0. The van der Waals surface area contributed by atoms with E-state index < -0.39 is 54.1 Å². The Hall–Kier alpha value is -9.66. The zero-order valence-electron chi connectivity index (χ0n) is 55.2. The van der Waals surface area contributed by atoms with Crippen LogP contribution < -0.4 is 45.1 Å². The highest BCUT2D eigenvalue weighted by molar-refractivity contribution is 6.07. The molecule has 96 heavy (non-hydrogen) atoms. The Labute approximate surface area is 559 Å². The molecule has 3 aromatic rings. The number of aliphatic hydroxyl groups is 1. The van der Waals surface area contributed by atoms with E-state index in [2.05, 4.69) is 26.3 Å². The van der Waals surface area contributed by atoms with Crippen molar-refractivity contribution in [1.29, 1.82) is 0 Å². The van der Waals surface area contributed by atoms with Crippen molar-refractivity contribution in [3.05, 3.63) is 161 Å². The number of allylic oxidation sites excluding steroid dienone is 11. The maximum Gasteiger partial charge on any atom is 0.416 e. The Bertz CT molecular complexity index is 3530. The first kappa shape index (κ1) is 72.2. The Morgan fingerprint density at radius 1 is 0.677 bits per heavy atom. The van der Waals surface area contributed by atoms with Crippen molar-refractivity contribution in [2.45, 2.75) is 97.3 Å². The fraction of sp³-hybridized carbons (Fsp3) is 0.408. The van der Waals surface area contributed by atoms with Gasteiger partial charge in [-0.3, -0.25) is 33.8 Å². The van der Waals surface area contributed by atoms with Gasteiger partial charge in [-0.05, 0) is 86.1 Å². The number of aliphatic imine (C=N–C) groups is 1. The molecule has 4 aliphatic heterocycles. The summed E-state index contributed by atoms with van der Waals surface area (Å²) in [6, 6.07) is 9.63. The maximum absolute atomic E-state index is 14.4. The molecule has 0 spiro atoms. The van der Waals surface area contributed by atoms with Gasteiger partial charge in [-0.25, -0.2) is 9.69 Å². The fourth-order valence-electron chi connectivity index (χ4n) is 10.7. The molecule has 25 heteroatoms. The van der Waals surface area contributed by atoms with Crippen LogP contribution in [0.4, 0.5) is 21.9 Å². The highest BCUT2D eigenvalue weighted by Gasteiger charge is 2.45. The lowest BCUT2D eigenvalue weighted by Gasteiger charge is -2.31. The number of rotatable bonds is 34. The van der Waals surface area contributed by atoms with Crippen molar-refractivity contribution >= 4 is 64.8 Å². The van der Waals surface area contributed by atoms with E-state index in [9.17, 15) is 38.7 Å². The minimum Gasteiger partial charge on any atom is -0.493 e.